The Hall–Kier alpha value is -0.740. The molecule has 17 heavy (non-hydrogen) atoms. The Balaban J connectivity index is 2.28. The minimum Gasteiger partial charge on any atom is -0.478 e. The van der Waals surface area contributed by atoms with E-state index in [1.165, 1.54) is 36.0 Å². The minimum atomic E-state index is -0.897. The lowest BCUT2D eigenvalue weighted by molar-refractivity contribution is -0.131. The Labute approximate surface area is 111 Å². The molecule has 0 aliphatic heterocycles. The van der Waals surface area contributed by atoms with Crippen LogP contribution in [0.4, 0.5) is 0 Å². The molecule has 0 amide bonds. The van der Waals surface area contributed by atoms with Crippen molar-refractivity contribution in [1.82, 2.24) is 0 Å². The van der Waals surface area contributed by atoms with E-state index in [2.05, 4.69) is 13.0 Å². The Kier molecular flexibility index (Phi) is 7.05. The van der Waals surface area contributed by atoms with Gasteiger partial charge in [-0.2, -0.15) is 11.8 Å². The van der Waals surface area contributed by atoms with Gasteiger partial charge in [0.2, 0.25) is 0 Å². The van der Waals surface area contributed by atoms with Gasteiger partial charge in [-0.25, -0.2) is 4.79 Å². The molecule has 0 aromatic carbocycles. The highest BCUT2D eigenvalue weighted by atomic mass is 32.2. The zero-order valence-corrected chi connectivity index (χ0v) is 11.6. The summed E-state index contributed by atoms with van der Waals surface area (Å²) < 4.78 is 0. The van der Waals surface area contributed by atoms with Crippen LogP contribution in [0.25, 0.3) is 6.08 Å². The number of carboxylic acids is 1. The van der Waals surface area contributed by atoms with E-state index in [0.717, 1.165) is 11.3 Å². The second-order valence-electron chi connectivity index (χ2n) is 3.78. The third-order valence-electron chi connectivity index (χ3n) is 2.23. The highest BCUT2D eigenvalue weighted by molar-refractivity contribution is 7.98. The molecule has 0 spiro atoms. The molecule has 94 valence electrons. The van der Waals surface area contributed by atoms with Crippen molar-refractivity contribution >= 4 is 35.1 Å². The maximum Gasteiger partial charge on any atom is 0.328 e. The van der Waals surface area contributed by atoms with Gasteiger partial charge in [-0.3, -0.25) is 0 Å². The predicted molar refractivity (Wildman–Crippen MR) is 76.7 cm³/mol. The van der Waals surface area contributed by atoms with Gasteiger partial charge < -0.3 is 5.11 Å². The van der Waals surface area contributed by atoms with Crippen LogP contribution in [-0.2, 0) is 10.5 Å². The van der Waals surface area contributed by atoms with E-state index in [0.29, 0.717) is 0 Å². The van der Waals surface area contributed by atoms with E-state index in [1.807, 2.05) is 17.1 Å². The molecule has 1 aromatic rings. The standard InChI is InChI=1S/C13H18O2S2/c1-2-3-4-7-16-10-12-8-11(9-17-12)5-6-13(14)15/h5-6,8-9H,2-4,7,10H2,1H3,(H,14,15)/b6-5+. The van der Waals surface area contributed by atoms with Crippen molar-refractivity contribution in [3.8, 4) is 0 Å². The lowest BCUT2D eigenvalue weighted by Crippen LogP contribution is -1.84. The van der Waals surface area contributed by atoms with Gasteiger partial charge in [0.15, 0.2) is 0 Å². The quantitative estimate of drug-likeness (QED) is 0.566. The van der Waals surface area contributed by atoms with Gasteiger partial charge in [-0.05, 0) is 35.3 Å². The molecule has 0 atom stereocenters. The van der Waals surface area contributed by atoms with Crippen molar-refractivity contribution in [3.05, 3.63) is 28.0 Å². The zero-order valence-electron chi connectivity index (χ0n) is 10.0. The van der Waals surface area contributed by atoms with Crippen LogP contribution >= 0.6 is 23.1 Å². The van der Waals surface area contributed by atoms with Crippen molar-refractivity contribution in [2.75, 3.05) is 5.75 Å². The van der Waals surface area contributed by atoms with Crippen LogP contribution in [0.1, 0.15) is 36.6 Å². The van der Waals surface area contributed by atoms with Crippen molar-refractivity contribution in [1.29, 1.82) is 0 Å². The van der Waals surface area contributed by atoms with Crippen molar-refractivity contribution in [2.24, 2.45) is 0 Å². The summed E-state index contributed by atoms with van der Waals surface area (Å²) in [6, 6.07) is 2.07. The number of hydrogen-bond acceptors (Lipinski definition) is 3. The van der Waals surface area contributed by atoms with Crippen LogP contribution in [0.3, 0.4) is 0 Å². The van der Waals surface area contributed by atoms with E-state index in [9.17, 15) is 4.79 Å². The molecule has 1 heterocycles. The summed E-state index contributed by atoms with van der Waals surface area (Å²) in [5.41, 5.74) is 0.988. The molecule has 0 unspecified atom stereocenters. The first-order valence-electron chi connectivity index (χ1n) is 5.78. The third-order valence-corrected chi connectivity index (χ3v) is 4.46. The number of thiophene rings is 1. The van der Waals surface area contributed by atoms with E-state index >= 15 is 0 Å². The Bertz CT molecular complexity index is 369. The lowest BCUT2D eigenvalue weighted by Gasteiger charge is -1.98. The number of aliphatic carboxylic acids is 1. The average molecular weight is 270 g/mol. The molecule has 0 saturated heterocycles. The summed E-state index contributed by atoms with van der Waals surface area (Å²) in [7, 11) is 0. The lowest BCUT2D eigenvalue weighted by atomic mass is 10.3. The van der Waals surface area contributed by atoms with Crippen LogP contribution in [0.5, 0.6) is 0 Å². The topological polar surface area (TPSA) is 37.3 Å². The summed E-state index contributed by atoms with van der Waals surface area (Å²) in [6.45, 7) is 2.21. The van der Waals surface area contributed by atoms with Gasteiger partial charge in [-0.1, -0.05) is 19.8 Å². The van der Waals surface area contributed by atoms with Crippen molar-refractivity contribution < 1.29 is 9.90 Å². The number of thioether (sulfide) groups is 1. The first-order chi connectivity index (χ1) is 8.22. The van der Waals surface area contributed by atoms with Crippen LogP contribution in [0.15, 0.2) is 17.5 Å². The van der Waals surface area contributed by atoms with Gasteiger partial charge in [0.1, 0.15) is 0 Å². The summed E-state index contributed by atoms with van der Waals surface area (Å²) in [4.78, 5) is 11.7. The smallest absolute Gasteiger partial charge is 0.328 e. The molecular weight excluding hydrogens is 252 g/mol. The fraction of sp³-hybridized carbons (Fsp3) is 0.462. The summed E-state index contributed by atoms with van der Waals surface area (Å²) in [5, 5.41) is 10.5. The number of carbonyl (C=O) groups is 1. The van der Waals surface area contributed by atoms with Crippen LogP contribution in [0.2, 0.25) is 0 Å². The van der Waals surface area contributed by atoms with E-state index in [4.69, 9.17) is 5.11 Å². The maximum absolute atomic E-state index is 10.4. The molecule has 0 bridgehead atoms. The number of carboxylic acid groups (broad SMARTS) is 1. The highest BCUT2D eigenvalue weighted by Crippen LogP contribution is 2.22. The first kappa shape index (κ1) is 14.3. The van der Waals surface area contributed by atoms with E-state index < -0.39 is 5.97 Å². The van der Waals surface area contributed by atoms with Crippen molar-refractivity contribution in [3.63, 3.8) is 0 Å². The van der Waals surface area contributed by atoms with Crippen molar-refractivity contribution in [2.45, 2.75) is 31.9 Å². The molecule has 0 saturated carbocycles. The molecule has 1 N–H and O–H groups in total. The van der Waals surface area contributed by atoms with Crippen LogP contribution < -0.4 is 0 Å². The third kappa shape index (κ3) is 6.54. The van der Waals surface area contributed by atoms with Gasteiger partial charge in [-0.15, -0.1) is 11.3 Å². The van der Waals surface area contributed by atoms with Crippen LogP contribution in [-0.4, -0.2) is 16.8 Å². The highest BCUT2D eigenvalue weighted by Gasteiger charge is 1.98. The van der Waals surface area contributed by atoms with E-state index in [1.54, 1.807) is 17.4 Å². The summed E-state index contributed by atoms with van der Waals surface area (Å²) in [6.07, 6.45) is 6.69. The largest absolute Gasteiger partial charge is 0.478 e. The molecule has 0 radical (unpaired) electrons. The molecule has 0 fully saturated rings. The fourth-order valence-electron chi connectivity index (χ4n) is 1.36. The molecule has 0 aliphatic carbocycles. The zero-order chi connectivity index (χ0) is 12.5. The molecular formula is C13H18O2S2. The summed E-state index contributed by atoms with van der Waals surface area (Å²) in [5.74, 6) is 1.35. The minimum absolute atomic E-state index is 0.897. The fourth-order valence-corrected chi connectivity index (χ4v) is 3.35. The number of hydrogen-bond donors (Lipinski definition) is 1. The van der Waals surface area contributed by atoms with Gasteiger partial charge >= 0.3 is 5.97 Å². The average Bonchev–Trinajstić information content (AvgIpc) is 2.74. The Morgan fingerprint density at radius 3 is 3.06 bits per heavy atom. The first-order valence-corrected chi connectivity index (χ1v) is 7.82. The maximum atomic E-state index is 10.4. The van der Waals surface area contributed by atoms with Gasteiger partial charge in [0, 0.05) is 16.7 Å². The second-order valence-corrected chi connectivity index (χ2v) is 5.88. The van der Waals surface area contributed by atoms with Crippen LogP contribution in [0, 0.1) is 0 Å². The summed E-state index contributed by atoms with van der Waals surface area (Å²) >= 11 is 3.65. The number of unbranched alkanes of at least 4 members (excludes halogenated alkanes) is 2. The normalized spacial score (nSPS) is 11.1. The molecule has 1 rings (SSSR count). The molecule has 2 nitrogen and oxygen atoms in total. The van der Waals surface area contributed by atoms with E-state index in [-0.39, 0.29) is 0 Å². The monoisotopic (exact) mass is 270 g/mol. The van der Waals surface area contributed by atoms with Gasteiger partial charge in [0.25, 0.3) is 0 Å². The molecule has 0 aliphatic rings. The Morgan fingerprint density at radius 1 is 1.53 bits per heavy atom. The molecule has 1 aromatic heterocycles. The second kappa shape index (κ2) is 8.37. The number of rotatable bonds is 8. The SMILES string of the molecule is CCCCCSCc1cc(/C=C/C(=O)O)cs1. The van der Waals surface area contributed by atoms with Gasteiger partial charge in [0.05, 0.1) is 0 Å². The predicted octanol–water partition coefficient (Wildman–Crippen LogP) is 4.27. The molecule has 4 heteroatoms. The Morgan fingerprint density at radius 2 is 2.35 bits per heavy atom.